The van der Waals surface area contributed by atoms with Crippen molar-refractivity contribution < 1.29 is 37.3 Å². The molecule has 5 nitrogen and oxygen atoms in total. The summed E-state index contributed by atoms with van der Waals surface area (Å²) in [6, 6.07) is 0. The predicted octanol–water partition coefficient (Wildman–Crippen LogP) is -0.549. The van der Waals surface area contributed by atoms with E-state index < -0.39 is 0 Å². The van der Waals surface area contributed by atoms with Gasteiger partial charge in [0, 0.05) is 25.7 Å². The van der Waals surface area contributed by atoms with Gasteiger partial charge in [-0.1, -0.05) is 27.7 Å². The van der Waals surface area contributed by atoms with Crippen LogP contribution in [0.15, 0.2) is 0 Å². The molecule has 0 aliphatic heterocycles. The van der Waals surface area contributed by atoms with Crippen molar-refractivity contribution in [3.8, 4) is 0 Å². The van der Waals surface area contributed by atoms with Crippen molar-refractivity contribution in [3.05, 3.63) is 0 Å². The maximum absolute atomic E-state index is 10.0. The Morgan fingerprint density at radius 2 is 0.692 bits per heavy atom. The lowest BCUT2D eigenvalue weighted by atomic mass is 10.1. The Labute approximate surface area is 167 Å². The van der Waals surface area contributed by atoms with Crippen molar-refractivity contribution in [1.82, 2.24) is 0 Å². The lowest BCUT2D eigenvalue weighted by Crippen LogP contribution is -3.00. The molecule has 0 amide bonds. The smallest absolute Gasteiger partial charge is 0.0811 e. The van der Waals surface area contributed by atoms with Gasteiger partial charge in [0.25, 0.3) is 0 Å². The van der Waals surface area contributed by atoms with Gasteiger partial charge in [0.05, 0.1) is 50.6 Å². The normalized spacial score (nSPS) is 18.5. The summed E-state index contributed by atoms with van der Waals surface area (Å²) in [6.07, 6.45) is 4.65. The number of aliphatic hydroxyl groups is 4. The van der Waals surface area contributed by atoms with Gasteiger partial charge >= 0.3 is 0 Å². The van der Waals surface area contributed by atoms with Crippen LogP contribution in [0.25, 0.3) is 0 Å². The van der Waals surface area contributed by atoms with Gasteiger partial charge < -0.3 is 37.3 Å². The molecule has 26 heavy (non-hydrogen) atoms. The molecule has 0 radical (unpaired) electrons. The van der Waals surface area contributed by atoms with Crippen molar-refractivity contribution in [2.75, 3.05) is 26.2 Å². The van der Waals surface area contributed by atoms with Crippen LogP contribution in [-0.2, 0) is 0 Å². The Bertz CT molecular complexity index is 259. The molecule has 0 saturated heterocycles. The Balaban J connectivity index is 0. The van der Waals surface area contributed by atoms with Crippen LogP contribution in [-0.4, -0.2) is 75.5 Å². The summed E-state index contributed by atoms with van der Waals surface area (Å²) in [4.78, 5) is 0. The zero-order valence-corrected chi connectivity index (χ0v) is 18.2. The summed E-state index contributed by atoms with van der Waals surface area (Å²) in [6.45, 7) is 11.3. The van der Waals surface area contributed by atoms with Gasteiger partial charge in [-0.25, -0.2) is 0 Å². The topological polar surface area (TPSA) is 80.9 Å². The summed E-state index contributed by atoms with van der Waals surface area (Å²) in [5.74, 6) is 0. The van der Waals surface area contributed by atoms with Crippen LogP contribution < -0.4 is 12.4 Å². The van der Waals surface area contributed by atoms with Crippen LogP contribution in [0.4, 0.5) is 0 Å². The zero-order valence-electron chi connectivity index (χ0n) is 17.4. The Hall–Kier alpha value is 0.0900. The highest BCUT2D eigenvalue weighted by molar-refractivity contribution is 4.62. The van der Waals surface area contributed by atoms with E-state index in [1.54, 1.807) is 0 Å². The first-order valence-electron chi connectivity index (χ1n) is 10.4. The first-order chi connectivity index (χ1) is 11.8. The van der Waals surface area contributed by atoms with Crippen LogP contribution in [0.5, 0.6) is 0 Å². The monoisotopic (exact) mass is 397 g/mol. The lowest BCUT2D eigenvalue weighted by Gasteiger charge is -2.41. The van der Waals surface area contributed by atoms with Crippen LogP contribution in [0.3, 0.4) is 0 Å². The van der Waals surface area contributed by atoms with Crippen molar-refractivity contribution in [2.45, 2.75) is 103 Å². The molecule has 4 atom stereocenters. The Morgan fingerprint density at radius 1 is 0.500 bits per heavy atom. The van der Waals surface area contributed by atoms with Gasteiger partial charge in [0.2, 0.25) is 0 Å². The molecule has 0 aromatic heterocycles. The second-order valence-electron chi connectivity index (χ2n) is 7.64. The van der Waals surface area contributed by atoms with E-state index in [1.807, 2.05) is 27.7 Å². The summed E-state index contributed by atoms with van der Waals surface area (Å²) < 4.78 is 0.766. The van der Waals surface area contributed by atoms with Gasteiger partial charge in [0.1, 0.15) is 0 Å². The van der Waals surface area contributed by atoms with Gasteiger partial charge in [-0.2, -0.15) is 0 Å². The molecule has 0 rings (SSSR count). The minimum Gasteiger partial charge on any atom is -1.00 e. The van der Waals surface area contributed by atoms with Gasteiger partial charge in [-0.05, 0) is 25.7 Å². The summed E-state index contributed by atoms with van der Waals surface area (Å²) in [5.41, 5.74) is 0. The summed E-state index contributed by atoms with van der Waals surface area (Å²) >= 11 is 0. The molecule has 0 bridgehead atoms. The minimum absolute atomic E-state index is 0. The van der Waals surface area contributed by atoms with E-state index in [4.69, 9.17) is 0 Å². The van der Waals surface area contributed by atoms with E-state index in [0.717, 1.165) is 82.0 Å². The largest absolute Gasteiger partial charge is 1.00 e. The SMILES string of the molecule is CCC(O)CC[N+](CCC(O)CC)(CCC(O)CC)CCC(O)CC.[Cl-]. The van der Waals surface area contributed by atoms with Gasteiger partial charge in [-0.15, -0.1) is 0 Å². The second kappa shape index (κ2) is 16.1. The number of hydrogen-bond donors (Lipinski definition) is 4. The van der Waals surface area contributed by atoms with Crippen LogP contribution in [0, 0.1) is 0 Å². The average Bonchev–Trinajstić information content (AvgIpc) is 2.65. The first kappa shape index (κ1) is 28.3. The Morgan fingerprint density at radius 3 is 0.846 bits per heavy atom. The van der Waals surface area contributed by atoms with E-state index in [1.165, 1.54) is 0 Å². The number of hydrogen-bond acceptors (Lipinski definition) is 4. The van der Waals surface area contributed by atoms with Crippen molar-refractivity contribution >= 4 is 0 Å². The summed E-state index contributed by atoms with van der Waals surface area (Å²) in [5, 5.41) is 40.1. The molecule has 0 spiro atoms. The van der Waals surface area contributed by atoms with Crippen LogP contribution in [0.2, 0.25) is 0 Å². The quantitative estimate of drug-likeness (QED) is 0.263. The molecular formula is C20H44ClNO4. The molecule has 0 aliphatic rings. The fourth-order valence-electron chi connectivity index (χ4n) is 3.18. The van der Waals surface area contributed by atoms with E-state index in [2.05, 4.69) is 0 Å². The molecule has 0 fully saturated rings. The molecule has 160 valence electrons. The van der Waals surface area contributed by atoms with Gasteiger partial charge in [-0.3, -0.25) is 0 Å². The minimum atomic E-state index is -0.305. The maximum Gasteiger partial charge on any atom is 0.0811 e. The van der Waals surface area contributed by atoms with Gasteiger partial charge in [0.15, 0.2) is 0 Å². The third kappa shape index (κ3) is 12.5. The molecule has 0 aromatic rings. The van der Waals surface area contributed by atoms with E-state index in [9.17, 15) is 20.4 Å². The highest BCUT2D eigenvalue weighted by atomic mass is 35.5. The highest BCUT2D eigenvalue weighted by Crippen LogP contribution is 2.19. The van der Waals surface area contributed by atoms with E-state index >= 15 is 0 Å². The number of nitrogens with zero attached hydrogens (tertiary/aromatic N) is 1. The molecule has 0 saturated carbocycles. The van der Waals surface area contributed by atoms with E-state index in [-0.39, 0.29) is 36.8 Å². The Kier molecular flexibility index (Phi) is 17.5. The number of aliphatic hydroxyl groups excluding tert-OH is 4. The number of rotatable bonds is 16. The van der Waals surface area contributed by atoms with Crippen LogP contribution in [0.1, 0.15) is 79.1 Å². The highest BCUT2D eigenvalue weighted by Gasteiger charge is 2.30. The molecular weight excluding hydrogens is 354 g/mol. The standard InChI is InChI=1S/C20H44NO4.ClH/c1-5-17(22)9-13-21(14-10-18(23)6-2,15-11-19(24)7-3)16-12-20(25)8-4;/h17-20,22-25H,5-16H2,1-4H3;1H/q+1;/p-1. The van der Waals surface area contributed by atoms with E-state index in [0.29, 0.717) is 0 Å². The summed E-state index contributed by atoms with van der Waals surface area (Å²) in [7, 11) is 0. The fraction of sp³-hybridized carbons (Fsp3) is 1.00. The fourth-order valence-corrected chi connectivity index (χ4v) is 3.18. The average molecular weight is 398 g/mol. The zero-order chi connectivity index (χ0) is 19.3. The molecule has 6 heteroatoms. The van der Waals surface area contributed by atoms with Crippen LogP contribution >= 0.6 is 0 Å². The molecule has 0 aromatic carbocycles. The van der Waals surface area contributed by atoms with Crippen molar-refractivity contribution in [2.24, 2.45) is 0 Å². The lowest BCUT2D eigenvalue weighted by molar-refractivity contribution is -0.930. The molecule has 4 unspecified atom stereocenters. The number of halogens is 1. The van der Waals surface area contributed by atoms with Crippen molar-refractivity contribution in [3.63, 3.8) is 0 Å². The molecule has 0 aliphatic carbocycles. The number of quaternary nitrogens is 1. The molecule has 4 N–H and O–H groups in total. The predicted molar refractivity (Wildman–Crippen MR) is 103 cm³/mol. The first-order valence-corrected chi connectivity index (χ1v) is 10.4. The second-order valence-corrected chi connectivity index (χ2v) is 7.64. The third-order valence-corrected chi connectivity index (χ3v) is 5.63. The third-order valence-electron chi connectivity index (χ3n) is 5.63. The van der Waals surface area contributed by atoms with Crippen molar-refractivity contribution in [1.29, 1.82) is 0 Å². The molecule has 0 heterocycles. The maximum atomic E-state index is 10.0.